The molecule has 9 atom stereocenters. The molecule has 0 spiro atoms. The summed E-state index contributed by atoms with van der Waals surface area (Å²) in [4.78, 5) is 10.6. The van der Waals surface area contributed by atoms with Crippen LogP contribution in [-0.4, -0.2) is 11.1 Å². The molecular weight excluding hydrogens is 224 g/mol. The maximum atomic E-state index is 10.6. The second-order valence-corrected chi connectivity index (χ2v) is 7.74. The molecule has 2 heteroatoms. The Balaban J connectivity index is 1.20. The van der Waals surface area contributed by atoms with Crippen molar-refractivity contribution in [3.8, 4) is 0 Å². The molecule has 1 N–H and O–H groups in total. The molecule has 5 fully saturated rings. The van der Waals surface area contributed by atoms with Gasteiger partial charge in [-0.05, 0) is 85.4 Å². The normalized spacial score (nSPS) is 61.2. The summed E-state index contributed by atoms with van der Waals surface area (Å²) < 4.78 is 0. The highest BCUT2D eigenvalue weighted by molar-refractivity contribution is 5.66. The fourth-order valence-electron chi connectivity index (χ4n) is 6.98. The summed E-state index contributed by atoms with van der Waals surface area (Å²) in [6.45, 7) is 0. The SMILES string of the molecule is O=C(O)CCCC1CC2C1C1C3C4CCC4C3C21. The van der Waals surface area contributed by atoms with Crippen LogP contribution in [0.2, 0.25) is 0 Å². The van der Waals surface area contributed by atoms with Gasteiger partial charge in [-0.3, -0.25) is 4.79 Å². The van der Waals surface area contributed by atoms with Gasteiger partial charge in [0.2, 0.25) is 0 Å². The van der Waals surface area contributed by atoms with Crippen molar-refractivity contribution >= 4 is 5.97 Å². The lowest BCUT2D eigenvalue weighted by Gasteiger charge is -2.85. The molecule has 5 saturated carbocycles. The lowest BCUT2D eigenvalue weighted by Crippen LogP contribution is -2.80. The standard InChI is InChI=1S/C16H22O2/c17-11(18)3-1-2-7-6-10-12(7)16-14-9-5-4-8(9)13(14)15(10)16/h7-10,12-16H,1-6H2,(H,17,18). The molecule has 5 rings (SSSR count). The largest absolute Gasteiger partial charge is 0.481 e. The highest BCUT2D eigenvalue weighted by Crippen LogP contribution is 2.84. The number of carboxylic acids is 1. The Hall–Kier alpha value is -0.530. The minimum absolute atomic E-state index is 0.388. The number of hydrogen-bond donors (Lipinski definition) is 1. The molecule has 18 heavy (non-hydrogen) atoms. The van der Waals surface area contributed by atoms with Crippen molar-refractivity contribution in [1.29, 1.82) is 0 Å². The van der Waals surface area contributed by atoms with Crippen LogP contribution in [0, 0.1) is 53.3 Å². The Labute approximate surface area is 108 Å². The van der Waals surface area contributed by atoms with E-state index in [1.54, 1.807) is 6.42 Å². The van der Waals surface area contributed by atoms with Crippen molar-refractivity contribution in [2.75, 3.05) is 0 Å². The Bertz CT molecular complexity index is 411. The van der Waals surface area contributed by atoms with Crippen LogP contribution in [0.3, 0.4) is 0 Å². The Morgan fingerprint density at radius 3 is 2.28 bits per heavy atom. The van der Waals surface area contributed by atoms with Gasteiger partial charge in [0.25, 0.3) is 0 Å². The highest BCUT2D eigenvalue weighted by atomic mass is 16.4. The zero-order valence-electron chi connectivity index (χ0n) is 10.8. The van der Waals surface area contributed by atoms with E-state index in [2.05, 4.69) is 0 Å². The van der Waals surface area contributed by atoms with E-state index in [-0.39, 0.29) is 0 Å². The molecule has 98 valence electrons. The summed E-state index contributed by atoms with van der Waals surface area (Å²) in [5.74, 6) is 9.35. The molecule has 0 saturated heterocycles. The molecule has 9 unspecified atom stereocenters. The minimum atomic E-state index is -0.614. The van der Waals surface area contributed by atoms with E-state index < -0.39 is 5.97 Å². The quantitative estimate of drug-likeness (QED) is 0.774. The predicted molar refractivity (Wildman–Crippen MR) is 66.7 cm³/mol. The average molecular weight is 246 g/mol. The number of carbonyl (C=O) groups is 1. The summed E-state index contributed by atoms with van der Waals surface area (Å²) in [5, 5.41) is 8.71. The van der Waals surface area contributed by atoms with Gasteiger partial charge in [0.1, 0.15) is 0 Å². The van der Waals surface area contributed by atoms with E-state index in [0.29, 0.717) is 6.42 Å². The molecule has 5 aliphatic rings. The van der Waals surface area contributed by atoms with E-state index in [4.69, 9.17) is 5.11 Å². The summed E-state index contributed by atoms with van der Waals surface area (Å²) in [5.41, 5.74) is 0. The van der Waals surface area contributed by atoms with Gasteiger partial charge in [0.15, 0.2) is 0 Å². The molecule has 0 aromatic carbocycles. The second-order valence-electron chi connectivity index (χ2n) is 7.74. The third kappa shape index (κ3) is 0.947. The smallest absolute Gasteiger partial charge is 0.303 e. The summed E-state index contributed by atoms with van der Waals surface area (Å²) in [7, 11) is 0. The molecule has 0 aromatic heterocycles. The average Bonchev–Trinajstić information content (AvgIpc) is 2.27. The summed E-state index contributed by atoms with van der Waals surface area (Å²) in [6.07, 6.45) is 7.04. The fourth-order valence-corrected chi connectivity index (χ4v) is 6.98. The maximum absolute atomic E-state index is 10.6. The van der Waals surface area contributed by atoms with E-state index in [0.717, 1.165) is 47.8 Å². The van der Waals surface area contributed by atoms with Crippen LogP contribution in [0.4, 0.5) is 0 Å². The van der Waals surface area contributed by atoms with E-state index >= 15 is 0 Å². The zero-order chi connectivity index (χ0) is 12.0. The van der Waals surface area contributed by atoms with Crippen molar-refractivity contribution in [3.05, 3.63) is 0 Å². The van der Waals surface area contributed by atoms with Crippen molar-refractivity contribution in [2.24, 2.45) is 53.3 Å². The first-order valence-corrected chi connectivity index (χ1v) is 7.99. The summed E-state index contributed by atoms with van der Waals surface area (Å²) in [6, 6.07) is 0. The van der Waals surface area contributed by atoms with Crippen LogP contribution in [0.25, 0.3) is 0 Å². The van der Waals surface area contributed by atoms with Gasteiger partial charge in [0.05, 0.1) is 0 Å². The minimum Gasteiger partial charge on any atom is -0.481 e. The van der Waals surface area contributed by atoms with Gasteiger partial charge in [0, 0.05) is 6.42 Å². The molecule has 0 bridgehead atoms. The monoisotopic (exact) mass is 246 g/mol. The van der Waals surface area contributed by atoms with Gasteiger partial charge in [-0.2, -0.15) is 0 Å². The van der Waals surface area contributed by atoms with Crippen molar-refractivity contribution in [1.82, 2.24) is 0 Å². The molecule has 0 heterocycles. The molecule has 0 aromatic rings. The van der Waals surface area contributed by atoms with Gasteiger partial charge < -0.3 is 5.11 Å². The Morgan fingerprint density at radius 1 is 0.944 bits per heavy atom. The van der Waals surface area contributed by atoms with Crippen LogP contribution in [0.15, 0.2) is 0 Å². The predicted octanol–water partition coefficient (Wildman–Crippen LogP) is 3.03. The third-order valence-electron chi connectivity index (χ3n) is 7.67. The molecule has 0 aliphatic heterocycles. The van der Waals surface area contributed by atoms with Crippen LogP contribution < -0.4 is 0 Å². The van der Waals surface area contributed by atoms with Gasteiger partial charge in [-0.15, -0.1) is 0 Å². The van der Waals surface area contributed by atoms with Gasteiger partial charge >= 0.3 is 5.97 Å². The Kier molecular flexibility index (Phi) is 1.79. The zero-order valence-corrected chi connectivity index (χ0v) is 10.8. The maximum Gasteiger partial charge on any atom is 0.303 e. The van der Waals surface area contributed by atoms with Crippen molar-refractivity contribution < 1.29 is 9.90 Å². The lowest BCUT2D eigenvalue weighted by atomic mass is 9.20. The van der Waals surface area contributed by atoms with Crippen LogP contribution in [-0.2, 0) is 4.79 Å². The van der Waals surface area contributed by atoms with Crippen LogP contribution >= 0.6 is 0 Å². The summed E-state index contributed by atoms with van der Waals surface area (Å²) >= 11 is 0. The number of aliphatic carboxylic acids is 1. The van der Waals surface area contributed by atoms with E-state index in [1.807, 2.05) is 0 Å². The molecule has 0 radical (unpaired) electrons. The van der Waals surface area contributed by atoms with Crippen molar-refractivity contribution in [3.63, 3.8) is 0 Å². The number of carboxylic acid groups (broad SMARTS) is 1. The van der Waals surface area contributed by atoms with Crippen molar-refractivity contribution in [2.45, 2.75) is 38.5 Å². The molecular formula is C16H22O2. The first kappa shape index (κ1) is 10.3. The molecule has 0 amide bonds. The van der Waals surface area contributed by atoms with Crippen LogP contribution in [0.1, 0.15) is 38.5 Å². The topological polar surface area (TPSA) is 37.3 Å². The number of hydrogen-bond acceptors (Lipinski definition) is 1. The highest BCUT2D eigenvalue weighted by Gasteiger charge is 2.79. The molecule has 2 nitrogen and oxygen atoms in total. The Morgan fingerprint density at radius 2 is 1.61 bits per heavy atom. The number of fused-ring (bicyclic) bond motifs is 10. The van der Waals surface area contributed by atoms with E-state index in [1.165, 1.54) is 31.1 Å². The number of rotatable bonds is 4. The van der Waals surface area contributed by atoms with E-state index in [9.17, 15) is 4.79 Å². The van der Waals surface area contributed by atoms with Crippen LogP contribution in [0.5, 0.6) is 0 Å². The second kappa shape index (κ2) is 3.13. The first-order valence-electron chi connectivity index (χ1n) is 7.99. The fraction of sp³-hybridized carbons (Fsp3) is 0.938. The lowest BCUT2D eigenvalue weighted by molar-refractivity contribution is -0.375. The van der Waals surface area contributed by atoms with Gasteiger partial charge in [-0.25, -0.2) is 0 Å². The third-order valence-corrected chi connectivity index (χ3v) is 7.67. The molecule has 5 aliphatic carbocycles. The van der Waals surface area contributed by atoms with Gasteiger partial charge in [-0.1, -0.05) is 0 Å². The first-order chi connectivity index (χ1) is 8.77.